The van der Waals surface area contributed by atoms with Crippen molar-refractivity contribution in [2.24, 2.45) is 0 Å². The van der Waals surface area contributed by atoms with E-state index in [0.717, 1.165) is 34.7 Å². The SMILES string of the molecule is CCN(CC)c1ncccc1CNC(=O)c1ccc2scnc2c1. The lowest BCUT2D eigenvalue weighted by atomic mass is 10.2. The average Bonchev–Trinajstić information content (AvgIpc) is 3.09. The van der Waals surface area contributed by atoms with E-state index in [0.29, 0.717) is 12.1 Å². The zero-order chi connectivity index (χ0) is 16.9. The summed E-state index contributed by atoms with van der Waals surface area (Å²) in [6.45, 7) is 6.42. The predicted molar refractivity (Wildman–Crippen MR) is 98.6 cm³/mol. The summed E-state index contributed by atoms with van der Waals surface area (Å²) in [6.07, 6.45) is 1.79. The van der Waals surface area contributed by atoms with Crippen molar-refractivity contribution < 1.29 is 4.79 Å². The molecule has 6 heteroatoms. The summed E-state index contributed by atoms with van der Waals surface area (Å²) < 4.78 is 1.09. The molecule has 3 aromatic rings. The van der Waals surface area contributed by atoms with Crippen molar-refractivity contribution >= 4 is 33.3 Å². The second-order valence-corrected chi connectivity index (χ2v) is 6.26. The molecule has 24 heavy (non-hydrogen) atoms. The molecule has 0 spiro atoms. The minimum Gasteiger partial charge on any atom is -0.357 e. The number of nitrogens with one attached hydrogen (secondary N) is 1. The van der Waals surface area contributed by atoms with Crippen molar-refractivity contribution in [3.05, 3.63) is 53.2 Å². The van der Waals surface area contributed by atoms with E-state index in [-0.39, 0.29) is 5.91 Å². The molecule has 0 saturated carbocycles. The highest BCUT2D eigenvalue weighted by Crippen LogP contribution is 2.20. The summed E-state index contributed by atoms with van der Waals surface area (Å²) in [4.78, 5) is 23.4. The van der Waals surface area contributed by atoms with Gasteiger partial charge in [0.15, 0.2) is 0 Å². The van der Waals surface area contributed by atoms with Gasteiger partial charge in [-0.3, -0.25) is 4.79 Å². The predicted octanol–water partition coefficient (Wildman–Crippen LogP) is 3.47. The monoisotopic (exact) mass is 340 g/mol. The van der Waals surface area contributed by atoms with Crippen LogP contribution in [-0.2, 0) is 6.54 Å². The molecule has 0 bridgehead atoms. The minimum atomic E-state index is -0.0979. The normalized spacial score (nSPS) is 10.8. The number of hydrogen-bond donors (Lipinski definition) is 1. The van der Waals surface area contributed by atoms with Crippen LogP contribution in [0.25, 0.3) is 10.2 Å². The van der Waals surface area contributed by atoms with Crippen molar-refractivity contribution in [3.8, 4) is 0 Å². The van der Waals surface area contributed by atoms with Crippen molar-refractivity contribution in [2.75, 3.05) is 18.0 Å². The number of nitrogens with zero attached hydrogens (tertiary/aromatic N) is 3. The Labute approximate surface area is 145 Å². The molecule has 0 unspecified atom stereocenters. The van der Waals surface area contributed by atoms with E-state index < -0.39 is 0 Å². The van der Waals surface area contributed by atoms with Crippen LogP contribution in [0.3, 0.4) is 0 Å². The van der Waals surface area contributed by atoms with E-state index in [2.05, 4.69) is 34.0 Å². The maximum absolute atomic E-state index is 12.4. The Morgan fingerprint density at radius 3 is 2.83 bits per heavy atom. The van der Waals surface area contributed by atoms with Crippen LogP contribution in [0, 0.1) is 0 Å². The largest absolute Gasteiger partial charge is 0.357 e. The fourth-order valence-electron chi connectivity index (χ4n) is 2.65. The summed E-state index contributed by atoms with van der Waals surface area (Å²) in [6, 6.07) is 9.51. The highest BCUT2D eigenvalue weighted by Gasteiger charge is 2.12. The Hall–Kier alpha value is -2.47. The maximum atomic E-state index is 12.4. The van der Waals surface area contributed by atoms with Gasteiger partial charge in [0.25, 0.3) is 5.91 Å². The molecular formula is C18H20N4OS. The van der Waals surface area contributed by atoms with Gasteiger partial charge in [0, 0.05) is 37.0 Å². The zero-order valence-corrected chi connectivity index (χ0v) is 14.6. The summed E-state index contributed by atoms with van der Waals surface area (Å²) in [7, 11) is 0. The zero-order valence-electron chi connectivity index (χ0n) is 13.8. The molecule has 0 aliphatic carbocycles. The van der Waals surface area contributed by atoms with Crippen LogP contribution >= 0.6 is 11.3 Å². The van der Waals surface area contributed by atoms with E-state index in [1.54, 1.807) is 23.0 Å². The highest BCUT2D eigenvalue weighted by molar-refractivity contribution is 7.16. The number of benzene rings is 1. The molecule has 1 N–H and O–H groups in total. The topological polar surface area (TPSA) is 58.1 Å². The van der Waals surface area contributed by atoms with Gasteiger partial charge in [0.2, 0.25) is 0 Å². The lowest BCUT2D eigenvalue weighted by Crippen LogP contribution is -2.27. The number of rotatable bonds is 6. The number of thiazole rings is 1. The first kappa shape index (κ1) is 16.4. The molecule has 2 heterocycles. The molecule has 1 aromatic carbocycles. The number of carbonyl (C=O) groups excluding carboxylic acids is 1. The minimum absolute atomic E-state index is 0.0979. The van der Waals surface area contributed by atoms with Crippen molar-refractivity contribution in [3.63, 3.8) is 0 Å². The van der Waals surface area contributed by atoms with Crippen molar-refractivity contribution in [2.45, 2.75) is 20.4 Å². The van der Waals surface area contributed by atoms with E-state index >= 15 is 0 Å². The van der Waals surface area contributed by atoms with E-state index in [1.165, 1.54) is 0 Å². The van der Waals surface area contributed by atoms with Crippen LogP contribution < -0.4 is 10.2 Å². The molecule has 3 rings (SSSR count). The Morgan fingerprint density at radius 1 is 1.21 bits per heavy atom. The van der Waals surface area contributed by atoms with Gasteiger partial charge >= 0.3 is 0 Å². The van der Waals surface area contributed by atoms with E-state index in [4.69, 9.17) is 0 Å². The van der Waals surface area contributed by atoms with Gasteiger partial charge in [-0.25, -0.2) is 9.97 Å². The summed E-state index contributed by atoms with van der Waals surface area (Å²) in [5.41, 5.74) is 4.29. The lowest BCUT2D eigenvalue weighted by Gasteiger charge is -2.22. The third kappa shape index (κ3) is 3.38. The smallest absolute Gasteiger partial charge is 0.251 e. The fraction of sp³-hybridized carbons (Fsp3) is 0.278. The third-order valence-corrected chi connectivity index (χ3v) is 4.77. The number of hydrogen-bond acceptors (Lipinski definition) is 5. The third-order valence-electron chi connectivity index (χ3n) is 3.96. The van der Waals surface area contributed by atoms with Crippen LogP contribution in [0.15, 0.2) is 42.0 Å². The number of amides is 1. The Bertz CT molecular complexity index is 842. The first-order valence-electron chi connectivity index (χ1n) is 8.03. The summed E-state index contributed by atoms with van der Waals surface area (Å²) >= 11 is 1.57. The number of fused-ring (bicyclic) bond motifs is 1. The first-order valence-corrected chi connectivity index (χ1v) is 8.91. The van der Waals surface area contributed by atoms with Crippen LogP contribution in [0.1, 0.15) is 29.8 Å². The number of carbonyl (C=O) groups is 1. The quantitative estimate of drug-likeness (QED) is 0.746. The molecule has 124 valence electrons. The second kappa shape index (κ2) is 7.40. The Kier molecular flexibility index (Phi) is 5.05. The molecule has 5 nitrogen and oxygen atoms in total. The number of anilines is 1. The number of pyridine rings is 1. The van der Waals surface area contributed by atoms with Crippen molar-refractivity contribution in [1.29, 1.82) is 0 Å². The van der Waals surface area contributed by atoms with Crippen molar-refractivity contribution in [1.82, 2.24) is 15.3 Å². The van der Waals surface area contributed by atoms with Gasteiger partial charge in [-0.2, -0.15) is 0 Å². The molecule has 0 fully saturated rings. The van der Waals surface area contributed by atoms with Gasteiger partial charge in [0.05, 0.1) is 15.7 Å². The first-order chi connectivity index (χ1) is 11.7. The molecule has 0 aliphatic rings. The van der Waals surface area contributed by atoms with Gasteiger partial charge in [-0.15, -0.1) is 11.3 Å². The van der Waals surface area contributed by atoms with E-state index in [9.17, 15) is 4.79 Å². The van der Waals surface area contributed by atoms with Crippen LogP contribution in [0.2, 0.25) is 0 Å². The molecule has 2 aromatic heterocycles. The van der Waals surface area contributed by atoms with Crippen LogP contribution in [-0.4, -0.2) is 29.0 Å². The molecule has 0 aliphatic heterocycles. The fourth-order valence-corrected chi connectivity index (χ4v) is 3.31. The molecule has 0 atom stereocenters. The number of aromatic nitrogens is 2. The Balaban J connectivity index is 1.74. The van der Waals surface area contributed by atoms with Gasteiger partial charge < -0.3 is 10.2 Å². The molecule has 1 amide bonds. The van der Waals surface area contributed by atoms with E-state index in [1.807, 2.05) is 30.3 Å². The molecular weight excluding hydrogens is 320 g/mol. The van der Waals surface area contributed by atoms with Crippen LogP contribution in [0.4, 0.5) is 5.82 Å². The summed E-state index contributed by atoms with van der Waals surface area (Å²) in [5.74, 6) is 0.831. The van der Waals surface area contributed by atoms with Gasteiger partial charge in [-0.05, 0) is 38.1 Å². The summed E-state index contributed by atoms with van der Waals surface area (Å²) in [5, 5.41) is 2.99. The van der Waals surface area contributed by atoms with Gasteiger partial charge in [0.1, 0.15) is 5.82 Å². The molecule has 0 radical (unpaired) electrons. The lowest BCUT2D eigenvalue weighted by molar-refractivity contribution is 0.0951. The highest BCUT2D eigenvalue weighted by atomic mass is 32.1. The molecule has 0 saturated heterocycles. The second-order valence-electron chi connectivity index (χ2n) is 5.38. The average molecular weight is 340 g/mol. The standard InChI is InChI=1S/C18H20N4OS/c1-3-22(4-2)17-14(6-5-9-19-17)11-20-18(23)13-7-8-16-15(10-13)21-12-24-16/h5-10,12H,3-4,11H2,1-2H3,(H,20,23). The van der Waals surface area contributed by atoms with Gasteiger partial charge in [-0.1, -0.05) is 6.07 Å². The Morgan fingerprint density at radius 2 is 2.04 bits per heavy atom. The van der Waals surface area contributed by atoms with Crippen LogP contribution in [0.5, 0.6) is 0 Å². The maximum Gasteiger partial charge on any atom is 0.251 e.